The smallest absolute Gasteiger partial charge is 0.289 e. The summed E-state index contributed by atoms with van der Waals surface area (Å²) in [6.45, 7) is 2.98. The van der Waals surface area contributed by atoms with Crippen molar-refractivity contribution in [2.75, 3.05) is 13.1 Å². The number of nitrogens with zero attached hydrogens (tertiary/aromatic N) is 2. The highest BCUT2D eigenvalue weighted by Gasteiger charge is 2.25. The first kappa shape index (κ1) is 19.5. The van der Waals surface area contributed by atoms with Crippen LogP contribution in [0.25, 0.3) is 0 Å². The first-order valence-corrected chi connectivity index (χ1v) is 10.5. The number of rotatable bonds is 7. The van der Waals surface area contributed by atoms with Crippen LogP contribution in [0, 0.1) is 10.1 Å². The third-order valence-corrected chi connectivity index (χ3v) is 6.21. The van der Waals surface area contributed by atoms with Gasteiger partial charge in [-0.1, -0.05) is 42.8 Å². The van der Waals surface area contributed by atoms with Crippen LogP contribution in [-0.4, -0.2) is 31.3 Å². The van der Waals surface area contributed by atoms with Gasteiger partial charge in [0.05, 0.1) is 4.92 Å². The molecule has 0 aliphatic carbocycles. The van der Waals surface area contributed by atoms with Gasteiger partial charge in [-0.25, -0.2) is 13.1 Å². The van der Waals surface area contributed by atoms with Crippen molar-refractivity contribution in [1.29, 1.82) is 0 Å². The van der Waals surface area contributed by atoms with E-state index in [-0.39, 0.29) is 11.4 Å². The van der Waals surface area contributed by atoms with Gasteiger partial charge in [0.15, 0.2) is 4.90 Å². The van der Waals surface area contributed by atoms with Crippen LogP contribution < -0.4 is 4.72 Å². The van der Waals surface area contributed by atoms with Crippen molar-refractivity contribution in [3.8, 4) is 0 Å². The predicted octanol–water partition coefficient (Wildman–Crippen LogP) is 3.06. The molecule has 2 aromatic rings. The summed E-state index contributed by atoms with van der Waals surface area (Å²) in [5.41, 5.74) is 1.53. The number of benzene rings is 2. The zero-order valence-corrected chi connectivity index (χ0v) is 15.8. The minimum atomic E-state index is -3.99. The molecule has 0 radical (unpaired) electrons. The molecule has 1 aliphatic rings. The van der Waals surface area contributed by atoms with Gasteiger partial charge in [0, 0.05) is 19.2 Å². The molecule has 7 nitrogen and oxygen atoms in total. The van der Waals surface area contributed by atoms with Crippen molar-refractivity contribution in [2.24, 2.45) is 0 Å². The van der Waals surface area contributed by atoms with E-state index in [1.807, 2.05) is 24.3 Å². The maximum absolute atomic E-state index is 12.6. The molecule has 1 aliphatic heterocycles. The lowest BCUT2D eigenvalue weighted by molar-refractivity contribution is -0.387. The summed E-state index contributed by atoms with van der Waals surface area (Å²) in [4.78, 5) is 12.5. The molecule has 0 bridgehead atoms. The van der Waals surface area contributed by atoms with E-state index in [1.54, 1.807) is 0 Å². The molecule has 0 saturated carbocycles. The molecule has 0 atom stereocenters. The Labute approximate surface area is 159 Å². The molecule has 0 spiro atoms. The number of hydrogen-bond acceptors (Lipinski definition) is 5. The average molecular weight is 389 g/mol. The number of piperidine rings is 1. The van der Waals surface area contributed by atoms with E-state index in [1.165, 1.54) is 43.5 Å². The largest absolute Gasteiger partial charge is 0.299 e. The van der Waals surface area contributed by atoms with E-state index in [9.17, 15) is 18.5 Å². The lowest BCUT2D eigenvalue weighted by atomic mass is 10.1. The summed E-state index contributed by atoms with van der Waals surface area (Å²) in [6, 6.07) is 13.1. The fourth-order valence-corrected chi connectivity index (χ4v) is 4.51. The number of nitro benzene ring substituents is 1. The van der Waals surface area contributed by atoms with Crippen LogP contribution >= 0.6 is 0 Å². The number of likely N-dealkylation sites (tertiary alicyclic amines) is 1. The Morgan fingerprint density at radius 2 is 1.59 bits per heavy atom. The first-order chi connectivity index (χ1) is 13.0. The monoisotopic (exact) mass is 389 g/mol. The van der Waals surface area contributed by atoms with Crippen molar-refractivity contribution in [1.82, 2.24) is 9.62 Å². The summed E-state index contributed by atoms with van der Waals surface area (Å²) in [5.74, 6) is 0. The van der Waals surface area contributed by atoms with Crippen LogP contribution in [0.5, 0.6) is 0 Å². The number of sulfonamides is 1. The van der Waals surface area contributed by atoms with Crippen molar-refractivity contribution >= 4 is 15.7 Å². The van der Waals surface area contributed by atoms with Gasteiger partial charge in [-0.3, -0.25) is 15.0 Å². The Morgan fingerprint density at radius 1 is 0.963 bits per heavy atom. The van der Waals surface area contributed by atoms with Gasteiger partial charge < -0.3 is 0 Å². The predicted molar refractivity (Wildman–Crippen MR) is 103 cm³/mol. The molecule has 0 amide bonds. The topological polar surface area (TPSA) is 92.5 Å². The van der Waals surface area contributed by atoms with Crippen molar-refractivity contribution < 1.29 is 13.3 Å². The number of nitro groups is 1. The average Bonchev–Trinajstić information content (AvgIpc) is 2.68. The highest BCUT2D eigenvalue weighted by molar-refractivity contribution is 7.89. The second-order valence-corrected chi connectivity index (χ2v) is 8.39. The normalized spacial score (nSPS) is 15.6. The van der Waals surface area contributed by atoms with E-state index in [2.05, 4.69) is 9.62 Å². The number of para-hydroxylation sites is 1. The standard InChI is InChI=1S/C19H23N3O4S/c23-22(24)18-10-4-5-11-19(18)27(25,26)20-14-16-8-2-3-9-17(16)15-21-12-6-1-7-13-21/h2-5,8-11,20H,1,6-7,12-15H2. The molecule has 2 aromatic carbocycles. The van der Waals surface area contributed by atoms with Gasteiger partial charge in [0.1, 0.15) is 0 Å². The lowest BCUT2D eigenvalue weighted by Gasteiger charge is -2.27. The van der Waals surface area contributed by atoms with E-state index < -0.39 is 20.6 Å². The maximum atomic E-state index is 12.6. The Balaban J connectivity index is 1.76. The summed E-state index contributed by atoms with van der Waals surface area (Å²) >= 11 is 0. The molecule has 1 fully saturated rings. The SMILES string of the molecule is O=[N+]([O-])c1ccccc1S(=O)(=O)NCc1ccccc1CN1CCCCC1. The zero-order chi connectivity index (χ0) is 19.3. The lowest BCUT2D eigenvalue weighted by Crippen LogP contribution is -2.30. The number of hydrogen-bond donors (Lipinski definition) is 1. The molecule has 1 N–H and O–H groups in total. The van der Waals surface area contributed by atoms with Gasteiger partial charge in [-0.2, -0.15) is 0 Å². The van der Waals surface area contributed by atoms with Crippen LogP contribution in [0.4, 0.5) is 5.69 Å². The fourth-order valence-electron chi connectivity index (χ4n) is 3.33. The second kappa shape index (κ2) is 8.60. The van der Waals surface area contributed by atoms with E-state index in [0.29, 0.717) is 0 Å². The third kappa shape index (κ3) is 4.91. The summed E-state index contributed by atoms with van der Waals surface area (Å²) in [6.07, 6.45) is 3.63. The Morgan fingerprint density at radius 3 is 2.30 bits per heavy atom. The molecule has 8 heteroatoms. The Bertz CT molecular complexity index is 909. The molecular weight excluding hydrogens is 366 g/mol. The van der Waals surface area contributed by atoms with E-state index >= 15 is 0 Å². The van der Waals surface area contributed by atoms with Crippen molar-refractivity contribution in [2.45, 2.75) is 37.2 Å². The van der Waals surface area contributed by atoms with Crippen LogP contribution in [-0.2, 0) is 23.1 Å². The highest BCUT2D eigenvalue weighted by Crippen LogP contribution is 2.23. The number of nitrogens with one attached hydrogen (secondary N) is 1. The molecule has 27 heavy (non-hydrogen) atoms. The van der Waals surface area contributed by atoms with Crippen LogP contribution in [0.2, 0.25) is 0 Å². The second-order valence-electron chi connectivity index (χ2n) is 6.65. The summed E-state index contributed by atoms with van der Waals surface area (Å²) < 4.78 is 27.7. The minimum Gasteiger partial charge on any atom is -0.299 e. The molecule has 1 saturated heterocycles. The zero-order valence-electron chi connectivity index (χ0n) is 15.0. The molecule has 0 unspecified atom stereocenters. The van der Waals surface area contributed by atoms with Gasteiger partial charge >= 0.3 is 0 Å². The first-order valence-electron chi connectivity index (χ1n) is 8.99. The van der Waals surface area contributed by atoms with Gasteiger partial charge in [-0.05, 0) is 43.1 Å². The van der Waals surface area contributed by atoms with E-state index in [0.717, 1.165) is 30.8 Å². The van der Waals surface area contributed by atoms with Gasteiger partial charge in [0.25, 0.3) is 5.69 Å². The molecule has 1 heterocycles. The molecule has 144 valence electrons. The van der Waals surface area contributed by atoms with E-state index in [4.69, 9.17) is 0 Å². The van der Waals surface area contributed by atoms with Crippen LogP contribution in [0.1, 0.15) is 30.4 Å². The van der Waals surface area contributed by atoms with Crippen molar-refractivity contribution in [3.05, 3.63) is 69.8 Å². The Kier molecular flexibility index (Phi) is 6.20. The summed E-state index contributed by atoms with van der Waals surface area (Å²) in [5, 5.41) is 11.1. The molecule has 0 aromatic heterocycles. The molecule has 3 rings (SSSR count). The molecular formula is C19H23N3O4S. The maximum Gasteiger partial charge on any atom is 0.289 e. The van der Waals surface area contributed by atoms with Crippen LogP contribution in [0.15, 0.2) is 53.4 Å². The minimum absolute atomic E-state index is 0.0956. The Hall–Kier alpha value is -2.29. The third-order valence-electron chi connectivity index (χ3n) is 4.77. The van der Waals surface area contributed by atoms with Crippen molar-refractivity contribution in [3.63, 3.8) is 0 Å². The fraction of sp³-hybridized carbons (Fsp3) is 0.368. The van der Waals surface area contributed by atoms with Gasteiger partial charge in [-0.15, -0.1) is 0 Å². The highest BCUT2D eigenvalue weighted by atomic mass is 32.2. The quantitative estimate of drug-likeness (QED) is 0.580. The van der Waals surface area contributed by atoms with Gasteiger partial charge in [0.2, 0.25) is 10.0 Å². The van der Waals surface area contributed by atoms with Crippen LogP contribution in [0.3, 0.4) is 0 Å². The summed E-state index contributed by atoms with van der Waals surface area (Å²) in [7, 11) is -3.99.